The van der Waals surface area contributed by atoms with Crippen LogP contribution in [0, 0.1) is 0 Å². The fraction of sp³-hybridized carbons (Fsp3) is 0.280. The molecule has 2 aromatic heterocycles. The lowest BCUT2D eigenvalue weighted by atomic mass is 9.99. The highest BCUT2D eigenvalue weighted by Crippen LogP contribution is 2.30. The van der Waals surface area contributed by atoms with E-state index in [-0.39, 0.29) is 18.4 Å². The largest absolute Gasteiger partial charge is 0.497 e. The van der Waals surface area contributed by atoms with Gasteiger partial charge in [-0.25, -0.2) is 4.98 Å². The molecule has 32 heavy (non-hydrogen) atoms. The molecule has 0 saturated carbocycles. The van der Waals surface area contributed by atoms with E-state index in [0.29, 0.717) is 31.7 Å². The van der Waals surface area contributed by atoms with Gasteiger partial charge in [0.25, 0.3) is 0 Å². The van der Waals surface area contributed by atoms with E-state index < -0.39 is 0 Å². The summed E-state index contributed by atoms with van der Waals surface area (Å²) in [6.45, 7) is 1.17. The molecule has 2 aliphatic rings. The first-order chi connectivity index (χ1) is 15.6. The van der Waals surface area contributed by atoms with Gasteiger partial charge in [-0.2, -0.15) is 0 Å². The number of fused-ring (bicyclic) bond motifs is 2. The second-order valence-electron chi connectivity index (χ2n) is 8.13. The summed E-state index contributed by atoms with van der Waals surface area (Å²) in [6.07, 6.45) is 7.06. The molecule has 162 valence electrons. The van der Waals surface area contributed by atoms with E-state index in [0.717, 1.165) is 34.4 Å². The average molecular weight is 428 g/mol. The zero-order chi connectivity index (χ0) is 22.1. The Labute approximate surface area is 186 Å². The summed E-state index contributed by atoms with van der Waals surface area (Å²) in [6, 6.07) is 11.9. The normalized spacial score (nSPS) is 15.2. The maximum atomic E-state index is 13.1. The van der Waals surface area contributed by atoms with Crippen molar-refractivity contribution in [3.05, 3.63) is 71.7 Å². The lowest BCUT2D eigenvalue weighted by Crippen LogP contribution is -2.46. The number of hydrogen-bond donors (Lipinski definition) is 0. The fourth-order valence-corrected chi connectivity index (χ4v) is 4.39. The lowest BCUT2D eigenvalue weighted by Gasteiger charge is -2.33. The predicted octanol–water partition coefficient (Wildman–Crippen LogP) is 3.02. The molecule has 0 fully saturated rings. The lowest BCUT2D eigenvalue weighted by molar-refractivity contribution is -0.132. The molecule has 0 atom stereocenters. The molecule has 7 nitrogen and oxygen atoms in total. The predicted molar refractivity (Wildman–Crippen MR) is 120 cm³/mol. The van der Waals surface area contributed by atoms with Crippen LogP contribution in [-0.2, 0) is 29.0 Å². The number of pyridine rings is 2. The van der Waals surface area contributed by atoms with Crippen molar-refractivity contribution in [1.82, 2.24) is 14.9 Å². The van der Waals surface area contributed by atoms with E-state index in [4.69, 9.17) is 4.74 Å². The van der Waals surface area contributed by atoms with Crippen molar-refractivity contribution in [3.8, 4) is 16.9 Å². The number of aromatic nitrogens is 2. The number of aryl methyl sites for hydroxylation is 1. The summed E-state index contributed by atoms with van der Waals surface area (Å²) in [5.74, 6) is 1.23. The monoisotopic (exact) mass is 428 g/mol. The van der Waals surface area contributed by atoms with Crippen LogP contribution in [0.2, 0.25) is 0 Å². The van der Waals surface area contributed by atoms with Crippen LogP contribution in [0.25, 0.3) is 11.1 Å². The topological polar surface area (TPSA) is 75.6 Å². The minimum atomic E-state index is -0.0715. The quantitative estimate of drug-likeness (QED) is 0.639. The number of hydrogen-bond acceptors (Lipinski definition) is 5. The average Bonchev–Trinajstić information content (AvgIpc) is 2.85. The number of nitrogens with zero attached hydrogens (tertiary/aromatic N) is 4. The smallest absolute Gasteiger partial charge is 0.243 e. The molecular formula is C25H24N4O3. The molecule has 0 bridgehead atoms. The van der Waals surface area contributed by atoms with Crippen molar-refractivity contribution < 1.29 is 14.3 Å². The summed E-state index contributed by atoms with van der Waals surface area (Å²) in [7, 11) is 1.64. The zero-order valence-corrected chi connectivity index (χ0v) is 18.0. The van der Waals surface area contributed by atoms with Gasteiger partial charge in [0.1, 0.15) is 18.1 Å². The van der Waals surface area contributed by atoms with Crippen molar-refractivity contribution in [2.75, 3.05) is 25.1 Å². The Morgan fingerprint density at radius 1 is 1.03 bits per heavy atom. The summed E-state index contributed by atoms with van der Waals surface area (Å²) >= 11 is 0. The van der Waals surface area contributed by atoms with E-state index in [1.807, 2.05) is 35.2 Å². The maximum Gasteiger partial charge on any atom is 0.243 e. The van der Waals surface area contributed by atoms with Crippen LogP contribution in [0.5, 0.6) is 5.75 Å². The van der Waals surface area contributed by atoms with Crippen molar-refractivity contribution in [3.63, 3.8) is 0 Å². The molecule has 2 aliphatic heterocycles. The Hall–Kier alpha value is -3.74. The highest BCUT2D eigenvalue weighted by atomic mass is 16.5. The molecule has 3 aromatic rings. The Balaban J connectivity index is 1.35. The van der Waals surface area contributed by atoms with Crippen molar-refractivity contribution in [2.24, 2.45) is 0 Å². The van der Waals surface area contributed by atoms with E-state index in [2.05, 4.69) is 16.0 Å². The molecule has 2 amide bonds. The van der Waals surface area contributed by atoms with Gasteiger partial charge < -0.3 is 9.64 Å². The number of carbonyl (C=O) groups is 2. The van der Waals surface area contributed by atoms with Gasteiger partial charge >= 0.3 is 0 Å². The van der Waals surface area contributed by atoms with Crippen LogP contribution >= 0.6 is 0 Å². The van der Waals surface area contributed by atoms with Gasteiger partial charge in [-0.1, -0.05) is 12.1 Å². The Bertz CT molecular complexity index is 1180. The van der Waals surface area contributed by atoms with Crippen LogP contribution in [0.4, 0.5) is 5.82 Å². The van der Waals surface area contributed by atoms with Crippen molar-refractivity contribution in [1.29, 1.82) is 0 Å². The SMILES string of the molecule is COc1ccc2c(c1)CN(C(=O)CN1C(=O)CCc3cc(-c4cccnc4)cnc31)CC2. The molecule has 0 radical (unpaired) electrons. The van der Waals surface area contributed by atoms with E-state index in [1.165, 1.54) is 10.5 Å². The highest BCUT2D eigenvalue weighted by molar-refractivity contribution is 6.00. The van der Waals surface area contributed by atoms with E-state index >= 15 is 0 Å². The van der Waals surface area contributed by atoms with Gasteiger partial charge in [-0.15, -0.1) is 0 Å². The number of benzene rings is 1. The molecule has 0 spiro atoms. The highest BCUT2D eigenvalue weighted by Gasteiger charge is 2.30. The van der Waals surface area contributed by atoms with Crippen LogP contribution in [0.1, 0.15) is 23.1 Å². The van der Waals surface area contributed by atoms with Crippen molar-refractivity contribution in [2.45, 2.75) is 25.8 Å². The van der Waals surface area contributed by atoms with Crippen molar-refractivity contribution >= 4 is 17.6 Å². The first-order valence-corrected chi connectivity index (χ1v) is 10.8. The van der Waals surface area contributed by atoms with Crippen LogP contribution in [0.3, 0.4) is 0 Å². The Kier molecular flexibility index (Phi) is 5.31. The molecule has 0 unspecified atom stereocenters. The maximum absolute atomic E-state index is 13.1. The molecule has 7 heteroatoms. The molecular weight excluding hydrogens is 404 g/mol. The minimum Gasteiger partial charge on any atom is -0.497 e. The molecule has 0 N–H and O–H groups in total. The van der Waals surface area contributed by atoms with Crippen LogP contribution in [-0.4, -0.2) is 46.9 Å². The minimum absolute atomic E-state index is 0.00434. The molecule has 4 heterocycles. The van der Waals surface area contributed by atoms with Gasteiger partial charge in [0.2, 0.25) is 11.8 Å². The fourth-order valence-electron chi connectivity index (χ4n) is 4.39. The number of amides is 2. The van der Waals surface area contributed by atoms with Crippen LogP contribution < -0.4 is 9.64 Å². The zero-order valence-electron chi connectivity index (χ0n) is 18.0. The first kappa shape index (κ1) is 20.2. The summed E-state index contributed by atoms with van der Waals surface area (Å²) in [5.41, 5.74) is 5.24. The van der Waals surface area contributed by atoms with Gasteiger partial charge in [-0.3, -0.25) is 19.5 Å². The molecule has 0 aliphatic carbocycles. The second kappa shape index (κ2) is 8.42. The number of rotatable bonds is 4. The van der Waals surface area contributed by atoms with Gasteiger partial charge in [0.15, 0.2) is 0 Å². The number of anilines is 1. The number of carbonyl (C=O) groups excluding carboxylic acids is 2. The molecule has 5 rings (SSSR count). The van der Waals surface area contributed by atoms with Gasteiger partial charge in [-0.05, 0) is 53.8 Å². The third kappa shape index (κ3) is 3.82. The Morgan fingerprint density at radius 2 is 1.94 bits per heavy atom. The standard InChI is InChI=1S/C25H24N4O3/c1-32-22-6-4-17-8-10-28(15-21(17)12-22)24(31)16-29-23(30)7-5-18-11-20(14-27-25(18)29)19-3-2-9-26-13-19/h2-4,6,9,11-14H,5,7-8,10,15-16H2,1H3. The molecule has 0 saturated heterocycles. The van der Waals surface area contributed by atoms with Gasteiger partial charge in [0.05, 0.1) is 7.11 Å². The van der Waals surface area contributed by atoms with Gasteiger partial charge in [0, 0.05) is 49.2 Å². The summed E-state index contributed by atoms with van der Waals surface area (Å²) in [5, 5.41) is 0. The summed E-state index contributed by atoms with van der Waals surface area (Å²) < 4.78 is 5.32. The number of methoxy groups -OCH3 is 1. The third-order valence-corrected chi connectivity index (χ3v) is 6.17. The van der Waals surface area contributed by atoms with E-state index in [1.54, 1.807) is 25.7 Å². The summed E-state index contributed by atoms with van der Waals surface area (Å²) in [4.78, 5) is 37.9. The van der Waals surface area contributed by atoms with Crippen LogP contribution in [0.15, 0.2) is 55.0 Å². The number of ether oxygens (including phenoxy) is 1. The third-order valence-electron chi connectivity index (χ3n) is 6.17. The van der Waals surface area contributed by atoms with E-state index in [9.17, 15) is 9.59 Å². The first-order valence-electron chi connectivity index (χ1n) is 10.8. The molecule has 1 aromatic carbocycles. The second-order valence-corrected chi connectivity index (χ2v) is 8.13. The Morgan fingerprint density at radius 3 is 2.75 bits per heavy atom.